The van der Waals surface area contributed by atoms with E-state index in [0.717, 1.165) is 18.4 Å². The van der Waals surface area contributed by atoms with Gasteiger partial charge in [-0.2, -0.15) is 0 Å². The molecule has 0 aliphatic carbocycles. The number of rotatable bonds is 3. The molecule has 1 heterocycles. The summed E-state index contributed by atoms with van der Waals surface area (Å²) in [5.41, 5.74) is 6.75. The molecule has 1 atom stereocenters. The third kappa shape index (κ3) is 2.67. The van der Waals surface area contributed by atoms with Crippen LogP contribution in [0.3, 0.4) is 0 Å². The average molecular weight is 344 g/mol. The number of anilines is 1. The highest BCUT2D eigenvalue weighted by molar-refractivity contribution is 9.10. The number of carbonyl (C=O) groups is 1. The second kappa shape index (κ2) is 6.10. The Labute approximate surface area is 126 Å². The lowest BCUT2D eigenvalue weighted by atomic mass is 10.1. The maximum atomic E-state index is 14.5. The van der Waals surface area contributed by atoms with Crippen molar-refractivity contribution < 1.29 is 9.18 Å². The van der Waals surface area contributed by atoms with Crippen LogP contribution in [0.5, 0.6) is 0 Å². The third-order valence-corrected chi connectivity index (χ3v) is 4.51. The molecular formula is C14H19BrFN3O. The fourth-order valence-corrected chi connectivity index (χ4v) is 3.07. The van der Waals surface area contributed by atoms with Crippen LogP contribution in [0, 0.1) is 5.82 Å². The van der Waals surface area contributed by atoms with Crippen LogP contribution in [0.4, 0.5) is 10.1 Å². The van der Waals surface area contributed by atoms with E-state index in [1.807, 2.05) is 4.90 Å². The molecule has 2 rings (SSSR count). The van der Waals surface area contributed by atoms with E-state index in [2.05, 4.69) is 15.9 Å². The third-order valence-electron chi connectivity index (χ3n) is 3.65. The summed E-state index contributed by atoms with van der Waals surface area (Å²) in [6.45, 7) is 0.966. The minimum absolute atomic E-state index is 0.0147. The normalized spacial score (nSPS) is 18.4. The van der Waals surface area contributed by atoms with Crippen molar-refractivity contribution in [3.8, 4) is 0 Å². The molecule has 110 valence electrons. The summed E-state index contributed by atoms with van der Waals surface area (Å²) in [6, 6.07) is 3.23. The monoisotopic (exact) mass is 343 g/mol. The predicted molar refractivity (Wildman–Crippen MR) is 81.1 cm³/mol. The van der Waals surface area contributed by atoms with E-state index >= 15 is 0 Å². The molecule has 0 spiro atoms. The first-order valence-corrected chi connectivity index (χ1v) is 7.41. The van der Waals surface area contributed by atoms with Gasteiger partial charge >= 0.3 is 0 Å². The number of halogens is 2. The first-order valence-electron chi connectivity index (χ1n) is 6.62. The Morgan fingerprint density at radius 2 is 2.25 bits per heavy atom. The van der Waals surface area contributed by atoms with Gasteiger partial charge in [0, 0.05) is 27.2 Å². The molecule has 0 radical (unpaired) electrons. The molecule has 20 heavy (non-hydrogen) atoms. The fourth-order valence-electron chi connectivity index (χ4n) is 2.57. The molecule has 1 aromatic carbocycles. The van der Waals surface area contributed by atoms with E-state index in [4.69, 9.17) is 5.73 Å². The van der Waals surface area contributed by atoms with E-state index in [1.165, 1.54) is 0 Å². The fraction of sp³-hybridized carbons (Fsp3) is 0.500. The summed E-state index contributed by atoms with van der Waals surface area (Å²) in [4.78, 5) is 15.6. The second-order valence-electron chi connectivity index (χ2n) is 5.16. The number of hydrogen-bond donors (Lipinski definition) is 1. The Bertz CT molecular complexity index is 521. The number of nitrogens with two attached hydrogens (primary N) is 1. The Balaban J connectivity index is 2.36. The lowest BCUT2D eigenvalue weighted by Gasteiger charge is -2.28. The molecule has 0 bridgehead atoms. The number of amides is 1. The Hall–Kier alpha value is -1.14. The summed E-state index contributed by atoms with van der Waals surface area (Å²) in [5.74, 6) is -0.327. The summed E-state index contributed by atoms with van der Waals surface area (Å²) >= 11 is 3.25. The van der Waals surface area contributed by atoms with Gasteiger partial charge in [0.15, 0.2) is 5.82 Å². The minimum Gasteiger partial charge on any atom is -0.357 e. The van der Waals surface area contributed by atoms with Crippen molar-refractivity contribution in [2.75, 3.05) is 25.5 Å². The van der Waals surface area contributed by atoms with E-state index in [1.54, 1.807) is 31.1 Å². The number of nitrogens with zero attached hydrogens (tertiary/aromatic N) is 2. The zero-order valence-corrected chi connectivity index (χ0v) is 13.3. The van der Waals surface area contributed by atoms with Crippen molar-refractivity contribution in [1.82, 2.24) is 4.90 Å². The highest BCUT2D eigenvalue weighted by Crippen LogP contribution is 2.33. The molecule has 0 saturated carbocycles. The minimum atomic E-state index is -0.341. The number of likely N-dealkylation sites (N-methyl/N-ethyl adjacent to an activating group) is 1. The number of benzene rings is 1. The van der Waals surface area contributed by atoms with Crippen molar-refractivity contribution in [3.05, 3.63) is 28.0 Å². The van der Waals surface area contributed by atoms with Gasteiger partial charge in [0.2, 0.25) is 5.91 Å². The molecule has 1 unspecified atom stereocenters. The van der Waals surface area contributed by atoms with Gasteiger partial charge in [-0.15, -0.1) is 0 Å². The van der Waals surface area contributed by atoms with Crippen LogP contribution in [0.15, 0.2) is 16.6 Å². The Morgan fingerprint density at radius 3 is 2.85 bits per heavy atom. The predicted octanol–water partition coefficient (Wildman–Crippen LogP) is 2.10. The molecule has 4 nitrogen and oxygen atoms in total. The Kier molecular flexibility index (Phi) is 4.65. The second-order valence-corrected chi connectivity index (χ2v) is 5.95. The summed E-state index contributed by atoms with van der Waals surface area (Å²) in [6.07, 6.45) is 1.65. The first kappa shape index (κ1) is 15.3. The molecule has 6 heteroatoms. The SMILES string of the molecule is CN(C)C(=O)C1CCCN1c1ccc(CN)c(Br)c1F. The van der Waals surface area contributed by atoms with Crippen LogP contribution in [0.25, 0.3) is 0 Å². The van der Waals surface area contributed by atoms with Crippen molar-refractivity contribution >= 4 is 27.5 Å². The zero-order chi connectivity index (χ0) is 14.9. The van der Waals surface area contributed by atoms with Crippen LogP contribution in [-0.4, -0.2) is 37.5 Å². The van der Waals surface area contributed by atoms with E-state index in [-0.39, 0.29) is 24.3 Å². The molecule has 1 aliphatic rings. The first-order chi connectivity index (χ1) is 9.47. The molecular weight excluding hydrogens is 325 g/mol. The largest absolute Gasteiger partial charge is 0.357 e. The highest BCUT2D eigenvalue weighted by Gasteiger charge is 2.33. The summed E-state index contributed by atoms with van der Waals surface area (Å²) in [7, 11) is 3.45. The van der Waals surface area contributed by atoms with Gasteiger partial charge in [-0.1, -0.05) is 6.07 Å². The van der Waals surface area contributed by atoms with Gasteiger partial charge < -0.3 is 15.5 Å². The maximum absolute atomic E-state index is 14.5. The summed E-state index contributed by atoms with van der Waals surface area (Å²) in [5, 5.41) is 0. The van der Waals surface area contributed by atoms with Crippen molar-refractivity contribution in [1.29, 1.82) is 0 Å². The standard InChI is InChI=1S/C14H19BrFN3O/c1-18(2)14(20)11-4-3-7-19(11)10-6-5-9(8-17)12(15)13(10)16/h5-6,11H,3-4,7-8,17H2,1-2H3. The van der Waals surface area contributed by atoms with Gasteiger partial charge in [-0.3, -0.25) is 4.79 Å². The van der Waals surface area contributed by atoms with Crippen molar-refractivity contribution in [2.45, 2.75) is 25.4 Å². The van der Waals surface area contributed by atoms with Crippen LogP contribution in [-0.2, 0) is 11.3 Å². The quantitative estimate of drug-likeness (QED) is 0.914. The van der Waals surface area contributed by atoms with Gasteiger partial charge in [-0.25, -0.2) is 4.39 Å². The highest BCUT2D eigenvalue weighted by atomic mass is 79.9. The smallest absolute Gasteiger partial charge is 0.244 e. The molecule has 1 fully saturated rings. The van der Waals surface area contributed by atoms with Crippen LogP contribution in [0.2, 0.25) is 0 Å². The number of hydrogen-bond acceptors (Lipinski definition) is 3. The average Bonchev–Trinajstić information content (AvgIpc) is 2.89. The molecule has 1 saturated heterocycles. The van der Waals surface area contributed by atoms with Crippen LogP contribution in [0.1, 0.15) is 18.4 Å². The molecule has 0 aromatic heterocycles. The lowest BCUT2D eigenvalue weighted by Crippen LogP contribution is -2.43. The lowest BCUT2D eigenvalue weighted by molar-refractivity contribution is -0.129. The van der Waals surface area contributed by atoms with Crippen LogP contribution < -0.4 is 10.6 Å². The van der Waals surface area contributed by atoms with Crippen molar-refractivity contribution in [2.24, 2.45) is 5.73 Å². The molecule has 1 aromatic rings. The number of carbonyl (C=O) groups excluding carboxylic acids is 1. The molecule has 1 amide bonds. The Morgan fingerprint density at radius 1 is 1.55 bits per heavy atom. The van der Waals surface area contributed by atoms with E-state index in [0.29, 0.717) is 16.7 Å². The van der Waals surface area contributed by atoms with Crippen molar-refractivity contribution in [3.63, 3.8) is 0 Å². The van der Waals surface area contributed by atoms with Gasteiger partial charge in [0.05, 0.1) is 10.2 Å². The molecule has 1 aliphatic heterocycles. The zero-order valence-electron chi connectivity index (χ0n) is 11.7. The van der Waals surface area contributed by atoms with Gasteiger partial charge in [0.25, 0.3) is 0 Å². The van der Waals surface area contributed by atoms with E-state index < -0.39 is 0 Å². The van der Waals surface area contributed by atoms with E-state index in [9.17, 15) is 9.18 Å². The topological polar surface area (TPSA) is 49.6 Å². The summed E-state index contributed by atoms with van der Waals surface area (Å²) < 4.78 is 14.9. The van der Waals surface area contributed by atoms with Gasteiger partial charge in [-0.05, 0) is 40.4 Å². The molecule has 2 N–H and O–H groups in total. The van der Waals surface area contributed by atoms with Crippen LogP contribution >= 0.6 is 15.9 Å². The maximum Gasteiger partial charge on any atom is 0.244 e. The van der Waals surface area contributed by atoms with Gasteiger partial charge in [0.1, 0.15) is 6.04 Å².